The van der Waals surface area contributed by atoms with Gasteiger partial charge in [0.05, 0.1) is 18.0 Å². The van der Waals surface area contributed by atoms with Crippen molar-refractivity contribution in [2.45, 2.75) is 58.8 Å². The first-order valence-electron chi connectivity index (χ1n) is 9.55. The van der Waals surface area contributed by atoms with Crippen LogP contribution in [-0.2, 0) is 6.42 Å². The van der Waals surface area contributed by atoms with Gasteiger partial charge in [-0.25, -0.2) is 0 Å². The van der Waals surface area contributed by atoms with Crippen molar-refractivity contribution in [1.82, 2.24) is 0 Å². The highest BCUT2D eigenvalue weighted by Crippen LogP contribution is 2.22. The predicted molar refractivity (Wildman–Crippen MR) is 105 cm³/mol. The fraction of sp³-hybridized carbons (Fsp3) is 0.455. The minimum Gasteiger partial charge on any atom is -0.494 e. The van der Waals surface area contributed by atoms with Crippen LogP contribution in [0.4, 0.5) is 11.4 Å². The Hall–Kier alpha value is -2.16. The number of azo groups is 1. The van der Waals surface area contributed by atoms with Crippen LogP contribution in [-0.4, -0.2) is 6.61 Å². The van der Waals surface area contributed by atoms with Crippen molar-refractivity contribution in [2.24, 2.45) is 10.2 Å². The zero-order chi connectivity index (χ0) is 17.7. The summed E-state index contributed by atoms with van der Waals surface area (Å²) >= 11 is 0. The van der Waals surface area contributed by atoms with E-state index < -0.39 is 0 Å². The van der Waals surface area contributed by atoms with Gasteiger partial charge in [-0.1, -0.05) is 51.2 Å². The van der Waals surface area contributed by atoms with Crippen LogP contribution in [0.15, 0.2) is 58.8 Å². The third kappa shape index (κ3) is 7.51. The number of nitrogens with zero attached hydrogens (tertiary/aromatic N) is 2. The van der Waals surface area contributed by atoms with E-state index >= 15 is 0 Å². The van der Waals surface area contributed by atoms with Gasteiger partial charge in [0.25, 0.3) is 0 Å². The molecule has 0 fully saturated rings. The maximum absolute atomic E-state index is 5.42. The smallest absolute Gasteiger partial charge is 0.119 e. The van der Waals surface area contributed by atoms with Crippen LogP contribution in [0.1, 0.15) is 57.9 Å². The van der Waals surface area contributed by atoms with E-state index in [4.69, 9.17) is 4.74 Å². The molecule has 0 aliphatic heterocycles. The molecule has 0 N–H and O–H groups in total. The van der Waals surface area contributed by atoms with Crippen molar-refractivity contribution < 1.29 is 4.74 Å². The van der Waals surface area contributed by atoms with Crippen molar-refractivity contribution in [3.05, 3.63) is 54.1 Å². The average Bonchev–Trinajstić information content (AvgIpc) is 2.65. The molecule has 0 radical (unpaired) electrons. The second kappa shape index (κ2) is 11.4. The minimum absolute atomic E-state index is 0.673. The summed E-state index contributed by atoms with van der Waals surface area (Å²) in [5.41, 5.74) is 3.11. The second-order valence-electron chi connectivity index (χ2n) is 6.31. The topological polar surface area (TPSA) is 34.0 Å². The van der Waals surface area contributed by atoms with Gasteiger partial charge >= 0.3 is 0 Å². The molecular weight excluding hydrogens is 308 g/mol. The molecule has 2 rings (SSSR count). The molecule has 2 aromatic rings. The average molecular weight is 338 g/mol. The largest absolute Gasteiger partial charge is 0.494 e. The van der Waals surface area contributed by atoms with Crippen molar-refractivity contribution in [1.29, 1.82) is 0 Å². The number of aryl methyl sites for hydroxylation is 1. The van der Waals surface area contributed by atoms with Crippen molar-refractivity contribution >= 4 is 11.4 Å². The molecule has 0 bridgehead atoms. The van der Waals surface area contributed by atoms with Gasteiger partial charge in [0.2, 0.25) is 0 Å². The zero-order valence-electron chi connectivity index (χ0n) is 15.6. The molecule has 0 spiro atoms. The molecule has 134 valence electrons. The third-order valence-electron chi connectivity index (χ3n) is 4.18. The molecule has 3 nitrogen and oxygen atoms in total. The van der Waals surface area contributed by atoms with Crippen molar-refractivity contribution in [3.8, 4) is 5.75 Å². The third-order valence-corrected chi connectivity index (χ3v) is 4.18. The van der Waals surface area contributed by atoms with E-state index in [0.29, 0.717) is 6.61 Å². The second-order valence-corrected chi connectivity index (χ2v) is 6.31. The molecular formula is C22H30N2O. The standard InChI is InChI=1S/C22H30N2O/c1-3-5-6-7-8-9-10-19-11-13-20(14-12-19)23-24-21-15-17-22(18-16-21)25-4-2/h11-18H,3-10H2,1-2H3. The Balaban J connectivity index is 1.77. The minimum atomic E-state index is 0.673. The van der Waals surface area contributed by atoms with Crippen LogP contribution >= 0.6 is 0 Å². The van der Waals surface area contributed by atoms with Gasteiger partial charge in [0.1, 0.15) is 5.75 Å². The number of hydrogen-bond donors (Lipinski definition) is 0. The van der Waals surface area contributed by atoms with E-state index in [-0.39, 0.29) is 0 Å². The Kier molecular flexibility index (Phi) is 8.74. The zero-order valence-corrected chi connectivity index (χ0v) is 15.6. The number of benzene rings is 2. The van der Waals surface area contributed by atoms with Gasteiger partial charge in [-0.2, -0.15) is 10.2 Å². The number of ether oxygens (including phenoxy) is 1. The first-order valence-corrected chi connectivity index (χ1v) is 9.55. The number of rotatable bonds is 11. The van der Waals surface area contributed by atoms with Crippen LogP contribution in [0.25, 0.3) is 0 Å². The van der Waals surface area contributed by atoms with E-state index in [1.165, 1.54) is 44.1 Å². The van der Waals surface area contributed by atoms with E-state index in [2.05, 4.69) is 29.3 Å². The quantitative estimate of drug-likeness (QED) is 0.310. The summed E-state index contributed by atoms with van der Waals surface area (Å²) in [6.45, 7) is 4.91. The van der Waals surface area contributed by atoms with Crippen molar-refractivity contribution in [2.75, 3.05) is 6.61 Å². The number of unbranched alkanes of at least 4 members (excludes halogenated alkanes) is 5. The van der Waals surface area contributed by atoms with Crippen LogP contribution in [0.5, 0.6) is 5.75 Å². The van der Waals surface area contributed by atoms with Crippen LogP contribution < -0.4 is 4.74 Å². The maximum Gasteiger partial charge on any atom is 0.119 e. The Morgan fingerprint density at radius 3 is 1.84 bits per heavy atom. The molecule has 0 atom stereocenters. The van der Waals surface area contributed by atoms with Crippen molar-refractivity contribution in [3.63, 3.8) is 0 Å². The molecule has 0 saturated carbocycles. The molecule has 25 heavy (non-hydrogen) atoms. The van der Waals surface area contributed by atoms with Crippen LogP contribution in [0, 0.1) is 0 Å². The van der Waals surface area contributed by atoms with Crippen LogP contribution in [0.3, 0.4) is 0 Å². The fourth-order valence-corrected chi connectivity index (χ4v) is 2.73. The highest BCUT2D eigenvalue weighted by molar-refractivity contribution is 5.43. The summed E-state index contributed by atoms with van der Waals surface area (Å²) in [6.07, 6.45) is 9.18. The first kappa shape index (κ1) is 19.2. The van der Waals surface area contributed by atoms with E-state index in [1.54, 1.807) is 0 Å². The summed E-state index contributed by atoms with van der Waals surface area (Å²) in [5, 5.41) is 8.59. The molecule has 0 heterocycles. The van der Waals surface area contributed by atoms with Gasteiger partial charge in [0.15, 0.2) is 0 Å². The summed E-state index contributed by atoms with van der Waals surface area (Å²) in [5.74, 6) is 0.862. The Labute approximate surface area is 152 Å². The lowest BCUT2D eigenvalue weighted by molar-refractivity contribution is 0.340. The summed E-state index contributed by atoms with van der Waals surface area (Å²) in [6, 6.07) is 16.1. The van der Waals surface area contributed by atoms with Gasteiger partial charge in [-0.15, -0.1) is 0 Å². The Bertz CT molecular complexity index is 617. The molecule has 0 aromatic heterocycles. The lowest BCUT2D eigenvalue weighted by Gasteiger charge is -2.03. The molecule has 0 amide bonds. The normalized spacial score (nSPS) is 11.1. The molecule has 0 aliphatic rings. The molecule has 0 saturated heterocycles. The van der Waals surface area contributed by atoms with Gasteiger partial charge in [0, 0.05) is 0 Å². The van der Waals surface area contributed by atoms with Gasteiger partial charge < -0.3 is 4.74 Å². The Morgan fingerprint density at radius 2 is 1.24 bits per heavy atom. The van der Waals surface area contributed by atoms with E-state index in [1.807, 2.05) is 43.3 Å². The highest BCUT2D eigenvalue weighted by atomic mass is 16.5. The summed E-state index contributed by atoms with van der Waals surface area (Å²) < 4.78 is 5.42. The van der Waals surface area contributed by atoms with E-state index in [9.17, 15) is 0 Å². The maximum atomic E-state index is 5.42. The summed E-state index contributed by atoms with van der Waals surface area (Å²) in [4.78, 5) is 0. The predicted octanol–water partition coefficient (Wildman–Crippen LogP) is 7.40. The lowest BCUT2D eigenvalue weighted by atomic mass is 10.0. The molecule has 2 aromatic carbocycles. The Morgan fingerprint density at radius 1 is 0.680 bits per heavy atom. The molecule has 0 aliphatic carbocycles. The molecule has 3 heteroatoms. The fourth-order valence-electron chi connectivity index (χ4n) is 2.73. The lowest BCUT2D eigenvalue weighted by Crippen LogP contribution is -1.89. The first-order chi connectivity index (χ1) is 12.3. The molecule has 0 unspecified atom stereocenters. The van der Waals surface area contributed by atoms with Gasteiger partial charge in [-0.05, 0) is 61.7 Å². The van der Waals surface area contributed by atoms with E-state index in [0.717, 1.165) is 23.5 Å². The van der Waals surface area contributed by atoms with Crippen LogP contribution in [0.2, 0.25) is 0 Å². The highest BCUT2D eigenvalue weighted by Gasteiger charge is 1.97. The van der Waals surface area contributed by atoms with Gasteiger partial charge in [-0.3, -0.25) is 0 Å². The monoisotopic (exact) mass is 338 g/mol. The summed E-state index contributed by atoms with van der Waals surface area (Å²) in [7, 11) is 0. The SMILES string of the molecule is CCCCCCCCc1ccc(N=Nc2ccc(OCC)cc2)cc1. The number of hydrogen-bond acceptors (Lipinski definition) is 3.